The van der Waals surface area contributed by atoms with Crippen LogP contribution in [-0.4, -0.2) is 0 Å². The highest BCUT2D eigenvalue weighted by molar-refractivity contribution is 6.14. The van der Waals surface area contributed by atoms with Gasteiger partial charge in [-0.2, -0.15) is 0 Å². The molecule has 1 heterocycles. The molecule has 0 aliphatic heterocycles. The molecule has 0 saturated heterocycles. The van der Waals surface area contributed by atoms with Gasteiger partial charge in [0.15, 0.2) is 0 Å². The highest BCUT2D eigenvalue weighted by atomic mass is 16.3. The van der Waals surface area contributed by atoms with Gasteiger partial charge in [0, 0.05) is 33.2 Å². The fourth-order valence-corrected chi connectivity index (χ4v) is 13.1. The first-order valence-corrected chi connectivity index (χ1v) is 25.2. The number of nitrogens with zero attached hydrogens (tertiary/aromatic N) is 1. The summed E-state index contributed by atoms with van der Waals surface area (Å²) in [5.41, 5.74) is 27.3. The Morgan fingerprint density at radius 3 is 1.49 bits per heavy atom. The first-order chi connectivity index (χ1) is 35.5. The largest absolute Gasteiger partial charge is 0.456 e. The van der Waals surface area contributed by atoms with Crippen molar-refractivity contribution in [2.45, 2.75) is 24.7 Å². The molecular formula is C70H47NO. The van der Waals surface area contributed by atoms with E-state index in [2.05, 4.69) is 267 Å². The van der Waals surface area contributed by atoms with Crippen LogP contribution in [0.25, 0.3) is 88.7 Å². The number of anilines is 3. The van der Waals surface area contributed by atoms with Crippen LogP contribution in [0.5, 0.6) is 0 Å². The molecule has 15 rings (SSSR count). The third-order valence-corrected chi connectivity index (χ3v) is 16.3. The molecule has 338 valence electrons. The topological polar surface area (TPSA) is 16.4 Å². The molecule has 12 aromatic rings. The van der Waals surface area contributed by atoms with E-state index in [1.807, 2.05) is 0 Å². The van der Waals surface area contributed by atoms with E-state index in [0.717, 1.165) is 61.3 Å². The van der Waals surface area contributed by atoms with Crippen molar-refractivity contribution in [1.82, 2.24) is 0 Å². The third-order valence-electron chi connectivity index (χ3n) is 16.3. The molecule has 0 bridgehead atoms. The summed E-state index contributed by atoms with van der Waals surface area (Å²) in [5, 5.41) is 2.24. The molecule has 1 spiro atoms. The van der Waals surface area contributed by atoms with Gasteiger partial charge in [-0.3, -0.25) is 0 Å². The fraction of sp³-hybridized carbons (Fsp3) is 0.0571. The van der Waals surface area contributed by atoms with Gasteiger partial charge in [0.05, 0.1) is 5.41 Å². The van der Waals surface area contributed by atoms with Gasteiger partial charge in [0.2, 0.25) is 0 Å². The second-order valence-electron chi connectivity index (χ2n) is 20.3. The van der Waals surface area contributed by atoms with E-state index in [9.17, 15) is 0 Å². The molecule has 0 fully saturated rings. The van der Waals surface area contributed by atoms with Gasteiger partial charge in [0.25, 0.3) is 0 Å². The van der Waals surface area contributed by atoms with Crippen molar-refractivity contribution in [3.63, 3.8) is 0 Å². The zero-order valence-corrected chi connectivity index (χ0v) is 40.0. The van der Waals surface area contributed by atoms with Gasteiger partial charge < -0.3 is 9.32 Å². The predicted molar refractivity (Wildman–Crippen MR) is 299 cm³/mol. The van der Waals surface area contributed by atoms with Crippen LogP contribution in [0.15, 0.2) is 253 Å². The van der Waals surface area contributed by atoms with Crippen LogP contribution in [0.1, 0.15) is 47.2 Å². The van der Waals surface area contributed by atoms with E-state index in [1.165, 1.54) is 77.9 Å². The van der Waals surface area contributed by atoms with Crippen molar-refractivity contribution in [3.05, 3.63) is 282 Å². The quantitative estimate of drug-likeness (QED) is 0.165. The zero-order chi connectivity index (χ0) is 47.7. The number of furan rings is 1. The molecule has 2 nitrogen and oxygen atoms in total. The second kappa shape index (κ2) is 15.3. The Bertz CT molecular complexity index is 4150. The summed E-state index contributed by atoms with van der Waals surface area (Å²) < 4.78 is 6.56. The average molecular weight is 918 g/mol. The summed E-state index contributed by atoms with van der Waals surface area (Å²) >= 11 is 0. The van der Waals surface area contributed by atoms with Crippen LogP contribution in [0, 0.1) is 0 Å². The van der Waals surface area contributed by atoms with Crippen molar-refractivity contribution in [2.24, 2.45) is 0 Å². The van der Waals surface area contributed by atoms with Crippen molar-refractivity contribution in [3.8, 4) is 66.8 Å². The molecule has 1 aromatic heterocycles. The molecule has 3 aliphatic carbocycles. The molecule has 0 atom stereocenters. The van der Waals surface area contributed by atoms with E-state index in [4.69, 9.17) is 4.42 Å². The molecule has 0 radical (unpaired) electrons. The molecule has 0 saturated carbocycles. The van der Waals surface area contributed by atoms with Crippen molar-refractivity contribution >= 4 is 39.0 Å². The Kier molecular flexibility index (Phi) is 8.66. The molecule has 0 N–H and O–H groups in total. The van der Waals surface area contributed by atoms with Gasteiger partial charge in [-0.05, 0) is 155 Å². The molecule has 0 amide bonds. The Hall–Kier alpha value is -8.98. The van der Waals surface area contributed by atoms with Gasteiger partial charge in [-0.1, -0.05) is 208 Å². The van der Waals surface area contributed by atoms with Gasteiger partial charge in [0.1, 0.15) is 11.2 Å². The molecular weight excluding hydrogens is 871 g/mol. The molecule has 3 aliphatic rings. The maximum absolute atomic E-state index is 6.56. The van der Waals surface area contributed by atoms with Crippen LogP contribution in [0.4, 0.5) is 17.1 Å². The lowest BCUT2D eigenvalue weighted by Crippen LogP contribution is -2.25. The average Bonchev–Trinajstić information content (AvgIpc) is 4.14. The monoisotopic (exact) mass is 917 g/mol. The molecule has 11 aromatic carbocycles. The standard InChI is InChI=1S/C70H47NO/c1-69(2)60-25-11-6-19-51(60)55-39-37-49(43-65(55)69)71(47-34-31-45(32-35-47)44-17-4-3-5-18-44)48-36-38-50(56-24-16-30-67-68(56)57-23-10-15-29-66(57)72-67)58(42-48)46-33-40-64-59(41-46)54-22-9-14-28-63(54)70(64)61-26-12-7-20-52(61)53-21-8-13-27-62(53)70/h3-43H,1-2H3. The number of rotatable bonds is 6. The molecule has 2 heteroatoms. The summed E-state index contributed by atoms with van der Waals surface area (Å²) in [6, 6.07) is 92.3. The number of benzene rings is 11. The third kappa shape index (κ3) is 5.66. The first-order valence-electron chi connectivity index (χ1n) is 25.2. The lowest BCUT2D eigenvalue weighted by Gasteiger charge is -2.30. The van der Waals surface area contributed by atoms with Crippen LogP contribution in [-0.2, 0) is 10.8 Å². The van der Waals surface area contributed by atoms with Crippen molar-refractivity contribution in [2.75, 3.05) is 4.90 Å². The smallest absolute Gasteiger partial charge is 0.136 e. The summed E-state index contributed by atoms with van der Waals surface area (Å²) in [5.74, 6) is 0. The Balaban J connectivity index is 0.980. The van der Waals surface area contributed by atoms with Gasteiger partial charge in [-0.15, -0.1) is 0 Å². The normalized spacial score (nSPS) is 13.9. The maximum atomic E-state index is 6.56. The van der Waals surface area contributed by atoms with E-state index in [0.29, 0.717) is 0 Å². The highest BCUT2D eigenvalue weighted by Gasteiger charge is 2.51. The van der Waals surface area contributed by atoms with E-state index < -0.39 is 5.41 Å². The zero-order valence-electron chi connectivity index (χ0n) is 40.0. The lowest BCUT2D eigenvalue weighted by molar-refractivity contribution is 0.660. The van der Waals surface area contributed by atoms with Gasteiger partial charge >= 0.3 is 0 Å². The SMILES string of the molecule is CC1(C)c2ccccc2-c2ccc(N(c3ccc(-c4ccccc4)cc3)c3ccc(-c4cccc5oc6ccccc6c45)c(-c4ccc5c(c4)-c4ccccc4C54c5ccccc5-c5ccccc54)c3)cc21. The van der Waals surface area contributed by atoms with Gasteiger partial charge in [-0.25, -0.2) is 0 Å². The van der Waals surface area contributed by atoms with E-state index in [1.54, 1.807) is 0 Å². The number of fused-ring (bicyclic) bond motifs is 16. The molecule has 0 unspecified atom stereocenters. The predicted octanol–water partition coefficient (Wildman–Crippen LogP) is 18.7. The second-order valence-corrected chi connectivity index (χ2v) is 20.3. The Morgan fingerprint density at radius 2 is 0.778 bits per heavy atom. The van der Waals surface area contributed by atoms with Crippen molar-refractivity contribution < 1.29 is 4.42 Å². The lowest BCUT2D eigenvalue weighted by atomic mass is 9.70. The number of para-hydroxylation sites is 1. The Labute approximate surface area is 419 Å². The van der Waals surface area contributed by atoms with E-state index >= 15 is 0 Å². The number of hydrogen-bond acceptors (Lipinski definition) is 2. The summed E-state index contributed by atoms with van der Waals surface area (Å²) in [6.07, 6.45) is 0. The number of hydrogen-bond donors (Lipinski definition) is 0. The summed E-state index contributed by atoms with van der Waals surface area (Å²) in [4.78, 5) is 2.46. The maximum Gasteiger partial charge on any atom is 0.136 e. The van der Waals surface area contributed by atoms with E-state index in [-0.39, 0.29) is 5.41 Å². The van der Waals surface area contributed by atoms with Crippen LogP contribution >= 0.6 is 0 Å². The minimum absolute atomic E-state index is 0.162. The summed E-state index contributed by atoms with van der Waals surface area (Å²) in [7, 11) is 0. The fourth-order valence-electron chi connectivity index (χ4n) is 13.1. The first kappa shape index (κ1) is 40.9. The summed E-state index contributed by atoms with van der Waals surface area (Å²) in [6.45, 7) is 4.73. The molecule has 72 heavy (non-hydrogen) atoms. The van der Waals surface area contributed by atoms with Crippen LogP contribution in [0.2, 0.25) is 0 Å². The minimum atomic E-state index is -0.423. The Morgan fingerprint density at radius 1 is 0.292 bits per heavy atom. The van der Waals surface area contributed by atoms with Crippen LogP contribution in [0.3, 0.4) is 0 Å². The minimum Gasteiger partial charge on any atom is -0.456 e. The van der Waals surface area contributed by atoms with Crippen LogP contribution < -0.4 is 4.90 Å². The highest BCUT2D eigenvalue weighted by Crippen LogP contribution is 2.63. The van der Waals surface area contributed by atoms with Crippen molar-refractivity contribution in [1.29, 1.82) is 0 Å².